The Balaban J connectivity index is 1.60. The number of fused-ring (bicyclic) bond motifs is 1. The summed E-state index contributed by atoms with van der Waals surface area (Å²) in [6.07, 6.45) is 2.92. The molecule has 0 aliphatic rings. The highest BCUT2D eigenvalue weighted by Gasteiger charge is 2.18. The van der Waals surface area contributed by atoms with E-state index in [0.29, 0.717) is 18.7 Å². The second kappa shape index (κ2) is 9.60. The zero-order chi connectivity index (χ0) is 21.8. The van der Waals surface area contributed by atoms with E-state index in [2.05, 4.69) is 52.3 Å². The Morgan fingerprint density at radius 3 is 2.60 bits per heavy atom. The maximum Gasteiger partial charge on any atom is 0.242 e. The van der Waals surface area contributed by atoms with Crippen LogP contribution in [0.1, 0.15) is 42.1 Å². The predicted molar refractivity (Wildman–Crippen MR) is 123 cm³/mol. The number of aryl methyl sites for hydroxylation is 4. The van der Waals surface area contributed by atoms with Gasteiger partial charge in [0.25, 0.3) is 0 Å². The molecule has 1 N–H and O–H groups in total. The molecule has 6 nitrogen and oxygen atoms in total. The van der Waals surface area contributed by atoms with E-state index in [4.69, 9.17) is 9.72 Å². The molecule has 0 saturated heterocycles. The fourth-order valence-electron chi connectivity index (χ4n) is 3.80. The second-order valence-corrected chi connectivity index (χ2v) is 8.68. The molecule has 0 bridgehead atoms. The van der Waals surface area contributed by atoms with Crippen LogP contribution in [0, 0.1) is 13.8 Å². The summed E-state index contributed by atoms with van der Waals surface area (Å²) in [7, 11) is 3.48. The predicted octanol–water partition coefficient (Wildman–Crippen LogP) is 4.43. The largest absolute Gasteiger partial charge is 0.479 e. The van der Waals surface area contributed by atoms with Crippen molar-refractivity contribution in [2.24, 2.45) is 7.05 Å². The fraction of sp³-hybridized carbons (Fsp3) is 0.435. The van der Waals surface area contributed by atoms with Gasteiger partial charge < -0.3 is 10.1 Å². The van der Waals surface area contributed by atoms with Gasteiger partial charge in [-0.25, -0.2) is 9.67 Å². The Kier molecular flexibility index (Phi) is 7.13. The summed E-state index contributed by atoms with van der Waals surface area (Å²) < 4.78 is 8.23. The number of halogens is 1. The number of carbonyl (C=O) groups excluding carboxylic acids is 1. The summed E-state index contributed by atoms with van der Waals surface area (Å²) in [6.45, 7) is 6.09. The Morgan fingerprint density at radius 2 is 1.93 bits per heavy atom. The Morgan fingerprint density at radius 1 is 1.23 bits per heavy atom. The molecular weight excluding hydrogens is 444 g/mol. The van der Waals surface area contributed by atoms with Crippen molar-refractivity contribution in [2.75, 3.05) is 7.11 Å². The number of benzene rings is 1. The number of aromatic nitrogens is 3. The zero-order valence-corrected chi connectivity index (χ0v) is 19.8. The third-order valence-electron chi connectivity index (χ3n) is 5.50. The lowest BCUT2D eigenvalue weighted by molar-refractivity contribution is -0.121. The molecule has 0 saturated carbocycles. The number of nitrogens with zero attached hydrogens (tertiary/aromatic N) is 3. The SMILES string of the molecule is COc1nn(C)c2nc(C)c(CCC(=O)NC(C)CCc3ccc(Br)cc3)c(C)c12. The molecule has 0 spiro atoms. The first-order chi connectivity index (χ1) is 14.3. The Hall–Kier alpha value is -2.41. The number of hydrogen-bond donors (Lipinski definition) is 1. The minimum Gasteiger partial charge on any atom is -0.479 e. The van der Waals surface area contributed by atoms with Crippen LogP contribution in [0.5, 0.6) is 5.88 Å². The quantitative estimate of drug-likeness (QED) is 0.526. The summed E-state index contributed by atoms with van der Waals surface area (Å²) in [5.41, 5.74) is 5.18. The van der Waals surface area contributed by atoms with E-state index in [1.165, 1.54) is 5.56 Å². The lowest BCUT2D eigenvalue weighted by atomic mass is 10.00. The maximum atomic E-state index is 12.5. The lowest BCUT2D eigenvalue weighted by Gasteiger charge is -2.15. The molecule has 3 aromatic rings. The van der Waals surface area contributed by atoms with E-state index < -0.39 is 0 Å². The highest BCUT2D eigenvalue weighted by atomic mass is 79.9. The molecule has 1 unspecified atom stereocenters. The first kappa shape index (κ1) is 22.3. The van der Waals surface area contributed by atoms with Gasteiger partial charge in [-0.3, -0.25) is 4.79 Å². The molecule has 0 aliphatic heterocycles. The van der Waals surface area contributed by atoms with E-state index in [1.54, 1.807) is 11.8 Å². The van der Waals surface area contributed by atoms with E-state index in [0.717, 1.165) is 45.2 Å². The van der Waals surface area contributed by atoms with Crippen LogP contribution in [-0.4, -0.2) is 33.8 Å². The van der Waals surface area contributed by atoms with Crippen molar-refractivity contribution in [2.45, 2.75) is 52.5 Å². The topological polar surface area (TPSA) is 69.0 Å². The number of methoxy groups -OCH3 is 1. The summed E-state index contributed by atoms with van der Waals surface area (Å²) in [6, 6.07) is 8.44. The molecule has 2 heterocycles. The average Bonchev–Trinajstić information content (AvgIpc) is 3.03. The van der Waals surface area contributed by atoms with Gasteiger partial charge in [-0.05, 0) is 68.9 Å². The van der Waals surface area contributed by atoms with Crippen molar-refractivity contribution in [1.82, 2.24) is 20.1 Å². The molecule has 0 radical (unpaired) electrons. The molecule has 160 valence electrons. The third-order valence-corrected chi connectivity index (χ3v) is 6.03. The molecular formula is C23H29BrN4O2. The maximum absolute atomic E-state index is 12.5. The zero-order valence-electron chi connectivity index (χ0n) is 18.3. The third kappa shape index (κ3) is 5.01. The number of pyridine rings is 1. The highest BCUT2D eigenvalue weighted by Crippen LogP contribution is 2.30. The van der Waals surface area contributed by atoms with Gasteiger partial charge >= 0.3 is 0 Å². The number of hydrogen-bond acceptors (Lipinski definition) is 4. The van der Waals surface area contributed by atoms with Crippen LogP contribution in [0.2, 0.25) is 0 Å². The van der Waals surface area contributed by atoms with Crippen LogP contribution in [0.4, 0.5) is 0 Å². The van der Waals surface area contributed by atoms with Crippen LogP contribution in [0.3, 0.4) is 0 Å². The molecule has 2 aromatic heterocycles. The number of carbonyl (C=O) groups is 1. The highest BCUT2D eigenvalue weighted by molar-refractivity contribution is 9.10. The lowest BCUT2D eigenvalue weighted by Crippen LogP contribution is -2.33. The summed E-state index contributed by atoms with van der Waals surface area (Å²) >= 11 is 3.45. The minimum absolute atomic E-state index is 0.0651. The van der Waals surface area contributed by atoms with Crippen molar-refractivity contribution in [3.05, 3.63) is 51.1 Å². The Labute approximate surface area is 186 Å². The number of rotatable bonds is 8. The number of nitrogens with one attached hydrogen (secondary N) is 1. The number of amides is 1. The minimum atomic E-state index is 0.0651. The smallest absolute Gasteiger partial charge is 0.242 e. The van der Waals surface area contributed by atoms with Gasteiger partial charge in [-0.15, -0.1) is 5.10 Å². The van der Waals surface area contributed by atoms with Crippen molar-refractivity contribution in [3.63, 3.8) is 0 Å². The summed E-state index contributed by atoms with van der Waals surface area (Å²) in [5.74, 6) is 0.639. The molecule has 1 amide bonds. The number of ether oxygens (including phenoxy) is 1. The van der Waals surface area contributed by atoms with E-state index in [9.17, 15) is 4.79 Å². The van der Waals surface area contributed by atoms with Crippen LogP contribution < -0.4 is 10.1 Å². The first-order valence-electron chi connectivity index (χ1n) is 10.2. The standard InChI is InChI=1S/C23H29BrN4O2/c1-14(6-7-17-8-10-18(24)11-9-17)25-20(29)13-12-19-15(2)21-22(26-16(19)3)28(4)27-23(21)30-5/h8-11,14H,6-7,12-13H2,1-5H3,(H,25,29). The Bertz CT molecular complexity index is 1040. The molecule has 7 heteroatoms. The van der Waals surface area contributed by atoms with E-state index in [1.807, 2.05) is 26.1 Å². The van der Waals surface area contributed by atoms with Gasteiger partial charge in [0.05, 0.1) is 12.5 Å². The van der Waals surface area contributed by atoms with Gasteiger partial charge in [0.1, 0.15) is 0 Å². The van der Waals surface area contributed by atoms with Crippen LogP contribution in [-0.2, 0) is 24.7 Å². The first-order valence-corrected chi connectivity index (χ1v) is 11.0. The molecule has 0 aliphatic carbocycles. The summed E-state index contributed by atoms with van der Waals surface area (Å²) in [5, 5.41) is 8.43. The van der Waals surface area contributed by atoms with E-state index in [-0.39, 0.29) is 11.9 Å². The average molecular weight is 473 g/mol. The van der Waals surface area contributed by atoms with Crippen LogP contribution in [0.15, 0.2) is 28.7 Å². The van der Waals surface area contributed by atoms with Gasteiger partial charge in [0.15, 0.2) is 5.65 Å². The van der Waals surface area contributed by atoms with Crippen LogP contribution in [0.25, 0.3) is 11.0 Å². The normalized spacial score (nSPS) is 12.2. The van der Waals surface area contributed by atoms with Gasteiger partial charge in [0.2, 0.25) is 11.8 Å². The van der Waals surface area contributed by atoms with Crippen LogP contribution >= 0.6 is 15.9 Å². The summed E-state index contributed by atoms with van der Waals surface area (Å²) in [4.78, 5) is 17.2. The van der Waals surface area contributed by atoms with Gasteiger partial charge in [-0.2, -0.15) is 0 Å². The van der Waals surface area contributed by atoms with Crippen molar-refractivity contribution < 1.29 is 9.53 Å². The van der Waals surface area contributed by atoms with Gasteiger partial charge in [-0.1, -0.05) is 28.1 Å². The van der Waals surface area contributed by atoms with Crippen molar-refractivity contribution in [3.8, 4) is 5.88 Å². The van der Waals surface area contributed by atoms with Crippen molar-refractivity contribution in [1.29, 1.82) is 0 Å². The molecule has 3 rings (SSSR count). The van der Waals surface area contributed by atoms with Gasteiger partial charge in [0, 0.05) is 29.7 Å². The molecule has 30 heavy (non-hydrogen) atoms. The molecule has 1 aromatic carbocycles. The molecule has 1 atom stereocenters. The van der Waals surface area contributed by atoms with E-state index >= 15 is 0 Å². The monoisotopic (exact) mass is 472 g/mol. The van der Waals surface area contributed by atoms with Crippen molar-refractivity contribution >= 4 is 32.9 Å². The fourth-order valence-corrected chi connectivity index (χ4v) is 4.06. The second-order valence-electron chi connectivity index (χ2n) is 7.77. The molecule has 0 fully saturated rings.